The average Bonchev–Trinajstić information content (AvgIpc) is 2.35. The minimum Gasteiger partial charge on any atom is -0.435 e. The van der Waals surface area contributed by atoms with E-state index in [-0.39, 0.29) is 17.2 Å². The third kappa shape index (κ3) is 5.55. The number of benzene rings is 1. The van der Waals surface area contributed by atoms with Crippen LogP contribution in [0.2, 0.25) is 0 Å². The predicted octanol–water partition coefficient (Wildman–Crippen LogP) is 4.37. The number of rotatable bonds is 7. The van der Waals surface area contributed by atoms with Crippen molar-refractivity contribution in [3.8, 4) is 5.75 Å². The van der Waals surface area contributed by atoms with Crippen molar-refractivity contribution in [1.29, 1.82) is 0 Å². The fourth-order valence-corrected chi connectivity index (χ4v) is 1.63. The van der Waals surface area contributed by atoms with Crippen molar-refractivity contribution in [3.05, 3.63) is 29.8 Å². The van der Waals surface area contributed by atoms with Gasteiger partial charge in [-0.25, -0.2) is 0 Å². The van der Waals surface area contributed by atoms with Crippen LogP contribution in [0, 0.1) is 5.41 Å². The van der Waals surface area contributed by atoms with Gasteiger partial charge < -0.3 is 10.1 Å². The van der Waals surface area contributed by atoms with Crippen LogP contribution in [-0.2, 0) is 0 Å². The molecule has 0 bridgehead atoms. The van der Waals surface area contributed by atoms with Crippen LogP contribution in [0.5, 0.6) is 5.75 Å². The van der Waals surface area contributed by atoms with Gasteiger partial charge in [0.1, 0.15) is 5.75 Å². The molecule has 0 spiro atoms. The maximum atomic E-state index is 12.2. The van der Waals surface area contributed by atoms with Gasteiger partial charge in [0.05, 0.1) is 0 Å². The molecule has 1 rings (SSSR count). The Morgan fingerprint density at radius 3 is 2.58 bits per heavy atom. The van der Waals surface area contributed by atoms with Gasteiger partial charge in [-0.2, -0.15) is 8.78 Å². The highest BCUT2D eigenvalue weighted by molar-refractivity contribution is 5.30. The van der Waals surface area contributed by atoms with E-state index >= 15 is 0 Å². The second kappa shape index (κ2) is 6.85. The first kappa shape index (κ1) is 15.9. The van der Waals surface area contributed by atoms with Crippen LogP contribution in [0.25, 0.3) is 0 Å². The average molecular weight is 271 g/mol. The summed E-state index contributed by atoms with van der Waals surface area (Å²) in [5, 5.41) is 3.43. The first-order chi connectivity index (χ1) is 8.84. The van der Waals surface area contributed by atoms with Crippen molar-refractivity contribution in [2.45, 2.75) is 46.8 Å². The summed E-state index contributed by atoms with van der Waals surface area (Å²) in [6.07, 6.45) is 1.08. The van der Waals surface area contributed by atoms with Gasteiger partial charge in [-0.3, -0.25) is 0 Å². The van der Waals surface area contributed by atoms with Crippen LogP contribution in [0.1, 0.15) is 45.7 Å². The molecular formula is C15H23F2NO. The molecule has 108 valence electrons. The molecule has 2 nitrogen and oxygen atoms in total. The molecule has 4 heteroatoms. The predicted molar refractivity (Wildman–Crippen MR) is 73.6 cm³/mol. The highest BCUT2D eigenvalue weighted by Crippen LogP contribution is 2.23. The van der Waals surface area contributed by atoms with E-state index in [2.05, 4.69) is 30.8 Å². The molecule has 0 aliphatic rings. The molecule has 0 heterocycles. The zero-order chi connectivity index (χ0) is 14.5. The van der Waals surface area contributed by atoms with Crippen LogP contribution < -0.4 is 10.1 Å². The molecule has 0 radical (unpaired) electrons. The van der Waals surface area contributed by atoms with E-state index in [9.17, 15) is 8.78 Å². The number of hydrogen-bond donors (Lipinski definition) is 1. The maximum absolute atomic E-state index is 12.2. The normalized spacial score (nSPS) is 13.6. The van der Waals surface area contributed by atoms with Gasteiger partial charge in [-0.05, 0) is 36.5 Å². The molecule has 19 heavy (non-hydrogen) atoms. The monoisotopic (exact) mass is 271 g/mol. The lowest BCUT2D eigenvalue weighted by atomic mass is 9.90. The molecule has 0 saturated carbocycles. The molecule has 1 unspecified atom stereocenters. The lowest BCUT2D eigenvalue weighted by Crippen LogP contribution is -2.30. The molecule has 0 aliphatic heterocycles. The molecular weight excluding hydrogens is 248 g/mol. The molecule has 0 amide bonds. The molecule has 0 saturated heterocycles. The molecule has 0 fully saturated rings. The summed E-state index contributed by atoms with van der Waals surface area (Å²) in [4.78, 5) is 0. The highest BCUT2D eigenvalue weighted by atomic mass is 19.3. The third-order valence-corrected chi connectivity index (χ3v) is 3.43. The van der Waals surface area contributed by atoms with Gasteiger partial charge in [0.15, 0.2) is 0 Å². The van der Waals surface area contributed by atoms with Crippen molar-refractivity contribution in [1.82, 2.24) is 5.32 Å². The number of nitrogens with one attached hydrogen (secondary N) is 1. The van der Waals surface area contributed by atoms with E-state index in [1.54, 1.807) is 18.2 Å². The SMILES string of the molecule is CCC(C)(C)CNC(C)c1cccc(OC(F)F)c1. The summed E-state index contributed by atoms with van der Waals surface area (Å²) in [5.74, 6) is 0.205. The van der Waals surface area contributed by atoms with Gasteiger partial charge in [-0.15, -0.1) is 0 Å². The van der Waals surface area contributed by atoms with Gasteiger partial charge in [0.25, 0.3) is 0 Å². The summed E-state index contributed by atoms with van der Waals surface area (Å²) >= 11 is 0. The van der Waals surface area contributed by atoms with Crippen molar-refractivity contribution < 1.29 is 13.5 Å². The fourth-order valence-electron chi connectivity index (χ4n) is 1.63. The van der Waals surface area contributed by atoms with Crippen LogP contribution in [-0.4, -0.2) is 13.2 Å². The molecule has 1 atom stereocenters. The summed E-state index contributed by atoms with van der Waals surface area (Å²) in [7, 11) is 0. The Balaban J connectivity index is 2.64. The van der Waals surface area contributed by atoms with Crippen molar-refractivity contribution >= 4 is 0 Å². The number of hydrogen-bond acceptors (Lipinski definition) is 2. The molecule has 0 aromatic heterocycles. The van der Waals surface area contributed by atoms with Crippen LogP contribution in [0.4, 0.5) is 8.78 Å². The van der Waals surface area contributed by atoms with Gasteiger partial charge in [0, 0.05) is 12.6 Å². The van der Waals surface area contributed by atoms with Crippen LogP contribution in [0.3, 0.4) is 0 Å². The third-order valence-electron chi connectivity index (χ3n) is 3.43. The van der Waals surface area contributed by atoms with Gasteiger partial charge in [-0.1, -0.05) is 32.9 Å². The lowest BCUT2D eigenvalue weighted by molar-refractivity contribution is -0.0499. The Labute approximate surface area is 114 Å². The zero-order valence-electron chi connectivity index (χ0n) is 12.0. The Bertz CT molecular complexity index is 393. The standard InChI is InChI=1S/C15H23F2NO/c1-5-15(3,4)10-18-11(2)12-7-6-8-13(9-12)19-14(16)17/h6-9,11,14,18H,5,10H2,1-4H3. The lowest BCUT2D eigenvalue weighted by Gasteiger charge is -2.26. The second-order valence-corrected chi connectivity index (χ2v) is 5.57. The Hall–Kier alpha value is -1.16. The van der Waals surface area contributed by atoms with E-state index in [4.69, 9.17) is 0 Å². The van der Waals surface area contributed by atoms with E-state index in [1.165, 1.54) is 0 Å². The van der Waals surface area contributed by atoms with Crippen molar-refractivity contribution in [2.75, 3.05) is 6.54 Å². The number of alkyl halides is 2. The van der Waals surface area contributed by atoms with Crippen molar-refractivity contribution in [3.63, 3.8) is 0 Å². The summed E-state index contributed by atoms with van der Waals surface area (Å²) < 4.78 is 28.7. The minimum absolute atomic E-state index is 0.104. The Morgan fingerprint density at radius 2 is 2.00 bits per heavy atom. The maximum Gasteiger partial charge on any atom is 0.387 e. The van der Waals surface area contributed by atoms with E-state index in [0.717, 1.165) is 18.5 Å². The first-order valence-electron chi connectivity index (χ1n) is 6.62. The van der Waals surface area contributed by atoms with E-state index in [1.807, 2.05) is 13.0 Å². The van der Waals surface area contributed by atoms with Gasteiger partial charge in [0.2, 0.25) is 0 Å². The largest absolute Gasteiger partial charge is 0.435 e. The molecule has 1 aromatic carbocycles. The first-order valence-corrected chi connectivity index (χ1v) is 6.62. The Kier molecular flexibility index (Phi) is 5.73. The van der Waals surface area contributed by atoms with Crippen molar-refractivity contribution in [2.24, 2.45) is 5.41 Å². The summed E-state index contributed by atoms with van der Waals surface area (Å²) in [6, 6.07) is 6.94. The topological polar surface area (TPSA) is 21.3 Å². The van der Waals surface area contributed by atoms with E-state index in [0.29, 0.717) is 0 Å². The van der Waals surface area contributed by atoms with Crippen LogP contribution >= 0.6 is 0 Å². The number of ether oxygens (including phenoxy) is 1. The highest BCUT2D eigenvalue weighted by Gasteiger charge is 2.16. The van der Waals surface area contributed by atoms with E-state index < -0.39 is 6.61 Å². The molecule has 1 aromatic rings. The Morgan fingerprint density at radius 1 is 1.32 bits per heavy atom. The fraction of sp³-hybridized carbons (Fsp3) is 0.600. The summed E-state index contributed by atoms with van der Waals surface area (Å²) in [5.41, 5.74) is 1.18. The van der Waals surface area contributed by atoms with Gasteiger partial charge >= 0.3 is 6.61 Å². The summed E-state index contributed by atoms with van der Waals surface area (Å²) in [6.45, 7) is 6.67. The second-order valence-electron chi connectivity index (χ2n) is 5.57. The molecule has 0 aliphatic carbocycles. The number of halogens is 2. The molecule has 1 N–H and O–H groups in total. The zero-order valence-corrected chi connectivity index (χ0v) is 12.0. The quantitative estimate of drug-likeness (QED) is 0.795. The van der Waals surface area contributed by atoms with Crippen LogP contribution in [0.15, 0.2) is 24.3 Å². The minimum atomic E-state index is -2.78. The smallest absolute Gasteiger partial charge is 0.387 e.